The summed E-state index contributed by atoms with van der Waals surface area (Å²) in [6, 6.07) is 1.67. The maximum atomic E-state index is 12.2. The second-order valence-corrected chi connectivity index (χ2v) is 6.62. The molecule has 0 aliphatic rings. The summed E-state index contributed by atoms with van der Waals surface area (Å²) in [6.45, 7) is 5.14. The highest BCUT2D eigenvalue weighted by molar-refractivity contribution is 7.89. The fraction of sp³-hybridized carbons (Fsp3) is 0.636. The van der Waals surface area contributed by atoms with Crippen molar-refractivity contribution in [1.82, 2.24) is 14.6 Å². The molecule has 0 bridgehead atoms. The maximum Gasteiger partial charge on any atom is 0.244 e. The van der Waals surface area contributed by atoms with Gasteiger partial charge in [-0.15, -0.1) is 0 Å². The Morgan fingerprint density at radius 2 is 2.12 bits per heavy atom. The Hall–Kier alpha value is -0.850. The smallest absolute Gasteiger partial charge is 0.244 e. The van der Waals surface area contributed by atoms with E-state index in [1.807, 2.05) is 20.9 Å². The quantitative estimate of drug-likeness (QED) is 0.801. The number of nitrogens with one attached hydrogen (secondary N) is 2. The van der Waals surface area contributed by atoms with Crippen molar-refractivity contribution in [1.29, 1.82) is 0 Å². The summed E-state index contributed by atoms with van der Waals surface area (Å²) < 4.78 is 25.7. The lowest BCUT2D eigenvalue weighted by Crippen LogP contribution is -2.30. The third-order valence-corrected chi connectivity index (χ3v) is 4.22. The zero-order chi connectivity index (χ0) is 13.1. The molecule has 0 aliphatic heterocycles. The molecular formula is C11H21N3O2S. The Kier molecular flexibility index (Phi) is 4.73. The lowest BCUT2D eigenvalue weighted by Gasteiger charge is -2.18. The first-order chi connectivity index (χ1) is 7.87. The largest absolute Gasteiger partial charge is 0.363 e. The first-order valence-electron chi connectivity index (χ1n) is 5.66. The van der Waals surface area contributed by atoms with E-state index in [1.54, 1.807) is 19.3 Å². The van der Waals surface area contributed by atoms with Crippen LogP contribution in [0.4, 0.5) is 0 Å². The van der Waals surface area contributed by atoms with Crippen molar-refractivity contribution in [2.75, 3.05) is 20.6 Å². The van der Waals surface area contributed by atoms with E-state index in [2.05, 4.69) is 10.3 Å². The molecule has 1 aromatic heterocycles. The predicted molar refractivity (Wildman–Crippen MR) is 68.2 cm³/mol. The van der Waals surface area contributed by atoms with Gasteiger partial charge in [0.05, 0.1) is 4.90 Å². The highest BCUT2D eigenvalue weighted by Gasteiger charge is 2.22. The number of rotatable bonds is 6. The van der Waals surface area contributed by atoms with Gasteiger partial charge in [0.2, 0.25) is 10.0 Å². The van der Waals surface area contributed by atoms with E-state index in [-0.39, 0.29) is 0 Å². The summed E-state index contributed by atoms with van der Waals surface area (Å²) in [7, 11) is 0.0733. The number of sulfonamides is 1. The monoisotopic (exact) mass is 259 g/mol. The van der Waals surface area contributed by atoms with Crippen LogP contribution in [0.15, 0.2) is 17.2 Å². The first-order valence-corrected chi connectivity index (χ1v) is 7.10. The van der Waals surface area contributed by atoms with Gasteiger partial charge >= 0.3 is 0 Å². The van der Waals surface area contributed by atoms with E-state index in [1.165, 1.54) is 4.31 Å². The summed E-state index contributed by atoms with van der Waals surface area (Å²) in [6.07, 6.45) is 1.54. The predicted octanol–water partition coefficient (Wildman–Crippen LogP) is 1.01. The van der Waals surface area contributed by atoms with Crippen molar-refractivity contribution in [3.05, 3.63) is 18.0 Å². The lowest BCUT2D eigenvalue weighted by molar-refractivity contribution is 0.417. The zero-order valence-corrected chi connectivity index (χ0v) is 11.6. The van der Waals surface area contributed by atoms with Gasteiger partial charge in [-0.25, -0.2) is 12.7 Å². The Morgan fingerprint density at radius 3 is 2.65 bits per heavy atom. The molecule has 6 heteroatoms. The lowest BCUT2D eigenvalue weighted by atomic mass is 10.2. The third-order valence-electron chi connectivity index (χ3n) is 2.41. The fourth-order valence-electron chi connectivity index (χ4n) is 1.65. The first kappa shape index (κ1) is 14.2. The molecule has 1 heterocycles. The van der Waals surface area contributed by atoms with Crippen molar-refractivity contribution < 1.29 is 8.42 Å². The van der Waals surface area contributed by atoms with Crippen LogP contribution in [0.25, 0.3) is 0 Å². The van der Waals surface area contributed by atoms with Crippen LogP contribution >= 0.6 is 0 Å². The van der Waals surface area contributed by atoms with Crippen LogP contribution in [-0.4, -0.2) is 38.3 Å². The molecule has 0 amide bonds. The summed E-state index contributed by atoms with van der Waals surface area (Å²) in [4.78, 5) is 3.28. The van der Waals surface area contributed by atoms with E-state index in [0.717, 1.165) is 5.69 Å². The van der Waals surface area contributed by atoms with Crippen LogP contribution in [0.1, 0.15) is 19.5 Å². The Bertz CT molecular complexity index is 451. The number of nitrogens with zero attached hydrogens (tertiary/aromatic N) is 1. The van der Waals surface area contributed by atoms with Crippen molar-refractivity contribution >= 4 is 10.0 Å². The molecule has 0 fully saturated rings. The van der Waals surface area contributed by atoms with Crippen LogP contribution in [0, 0.1) is 5.92 Å². The molecular weight excluding hydrogens is 238 g/mol. The van der Waals surface area contributed by atoms with Crippen LogP contribution < -0.4 is 5.32 Å². The van der Waals surface area contributed by atoms with Gasteiger partial charge in [-0.05, 0) is 19.0 Å². The summed E-state index contributed by atoms with van der Waals surface area (Å²) >= 11 is 0. The molecule has 0 unspecified atom stereocenters. The molecule has 1 aromatic rings. The Morgan fingerprint density at radius 1 is 1.47 bits per heavy atom. The van der Waals surface area contributed by atoms with Gasteiger partial charge < -0.3 is 10.3 Å². The van der Waals surface area contributed by atoms with Crippen molar-refractivity contribution in [3.8, 4) is 0 Å². The number of hydrogen-bond donors (Lipinski definition) is 2. The molecule has 0 spiro atoms. The third kappa shape index (κ3) is 3.55. The average Bonchev–Trinajstić information content (AvgIpc) is 2.66. The second-order valence-electron chi connectivity index (χ2n) is 4.57. The minimum Gasteiger partial charge on any atom is -0.363 e. The van der Waals surface area contributed by atoms with Gasteiger partial charge in [-0.1, -0.05) is 13.8 Å². The van der Waals surface area contributed by atoms with Gasteiger partial charge in [0, 0.05) is 32.0 Å². The number of aromatic nitrogens is 1. The molecule has 98 valence electrons. The molecule has 1 rings (SSSR count). The van der Waals surface area contributed by atoms with E-state index in [9.17, 15) is 8.42 Å². The minimum atomic E-state index is -3.36. The Balaban J connectivity index is 2.88. The van der Waals surface area contributed by atoms with E-state index < -0.39 is 10.0 Å². The van der Waals surface area contributed by atoms with Crippen LogP contribution in [0.3, 0.4) is 0 Å². The van der Waals surface area contributed by atoms with E-state index in [0.29, 0.717) is 23.9 Å². The number of aromatic amines is 1. The van der Waals surface area contributed by atoms with E-state index in [4.69, 9.17) is 0 Å². The molecule has 2 N–H and O–H groups in total. The summed E-state index contributed by atoms with van der Waals surface area (Å²) in [5.74, 6) is 0.311. The van der Waals surface area contributed by atoms with E-state index >= 15 is 0 Å². The van der Waals surface area contributed by atoms with Crippen molar-refractivity contribution in [2.45, 2.75) is 25.3 Å². The molecule has 0 saturated heterocycles. The summed E-state index contributed by atoms with van der Waals surface area (Å²) in [5, 5.41) is 2.97. The number of hydrogen-bond acceptors (Lipinski definition) is 3. The molecule has 0 aliphatic carbocycles. The highest BCUT2D eigenvalue weighted by atomic mass is 32.2. The molecule has 0 saturated carbocycles. The molecule has 17 heavy (non-hydrogen) atoms. The molecule has 5 nitrogen and oxygen atoms in total. The Labute approximate surface area is 103 Å². The van der Waals surface area contributed by atoms with Crippen molar-refractivity contribution in [2.24, 2.45) is 5.92 Å². The molecule has 0 radical (unpaired) electrons. The average molecular weight is 259 g/mol. The highest BCUT2D eigenvalue weighted by Crippen LogP contribution is 2.16. The minimum absolute atomic E-state index is 0.311. The zero-order valence-electron chi connectivity index (χ0n) is 10.8. The maximum absolute atomic E-state index is 12.2. The van der Waals surface area contributed by atoms with Crippen molar-refractivity contribution in [3.63, 3.8) is 0 Å². The number of H-pyrrole nitrogens is 1. The molecule has 0 atom stereocenters. The van der Waals surface area contributed by atoms with Gasteiger partial charge in [0.25, 0.3) is 0 Å². The fourth-order valence-corrected chi connectivity index (χ4v) is 3.01. The SMILES string of the molecule is CNCc1cc(S(=O)(=O)N(C)CC(C)C)c[nH]1. The standard InChI is InChI=1S/C11H21N3O2S/c1-9(2)8-14(4)17(15,16)11-5-10(6-12-3)13-7-11/h5,7,9,12-13H,6,8H2,1-4H3. The normalized spacial score (nSPS) is 12.6. The molecule has 0 aromatic carbocycles. The topological polar surface area (TPSA) is 65.2 Å². The van der Waals surface area contributed by atoms with Gasteiger partial charge in [-0.2, -0.15) is 0 Å². The van der Waals surface area contributed by atoms with Gasteiger partial charge in [-0.3, -0.25) is 0 Å². The van der Waals surface area contributed by atoms with Crippen LogP contribution in [0.2, 0.25) is 0 Å². The van der Waals surface area contributed by atoms with Crippen LogP contribution in [-0.2, 0) is 16.6 Å². The van der Waals surface area contributed by atoms with Gasteiger partial charge in [0.15, 0.2) is 0 Å². The second kappa shape index (κ2) is 5.66. The van der Waals surface area contributed by atoms with Gasteiger partial charge in [0.1, 0.15) is 0 Å². The summed E-state index contributed by atoms with van der Waals surface area (Å²) in [5.41, 5.74) is 0.865. The van der Waals surface area contributed by atoms with Crippen LogP contribution in [0.5, 0.6) is 0 Å².